The fourth-order valence-electron chi connectivity index (χ4n) is 7.79. The summed E-state index contributed by atoms with van der Waals surface area (Å²) in [5.74, 6) is 1.48. The predicted molar refractivity (Wildman–Crippen MR) is 163 cm³/mol. The monoisotopic (exact) mass is 614 g/mol. The summed E-state index contributed by atoms with van der Waals surface area (Å²) in [4.78, 5) is 34.2. The van der Waals surface area contributed by atoms with E-state index in [4.69, 9.17) is 4.42 Å². The smallest absolute Gasteiger partial charge is 0.226 e. The Kier molecular flexibility index (Phi) is 10.1. The highest BCUT2D eigenvalue weighted by molar-refractivity contribution is 7.90. The second-order valence-corrected chi connectivity index (χ2v) is 15.4. The van der Waals surface area contributed by atoms with Gasteiger partial charge in [-0.05, 0) is 87.3 Å². The van der Waals surface area contributed by atoms with Crippen molar-refractivity contribution in [3.8, 4) is 0 Å². The molecule has 2 heterocycles. The molecule has 1 amide bonds. The molecule has 1 saturated heterocycles. The van der Waals surface area contributed by atoms with Crippen LogP contribution in [0.1, 0.15) is 94.0 Å². The molecule has 3 aliphatic rings. The zero-order chi connectivity index (χ0) is 30.7. The number of nitrogens with zero attached hydrogens (tertiary/aromatic N) is 2. The molecule has 236 valence electrons. The molecule has 1 aromatic heterocycles. The van der Waals surface area contributed by atoms with Crippen LogP contribution in [0.4, 0.5) is 4.39 Å². The number of Topliss-reactive ketones (excluding diaryl/α,β-unsaturated/α-hetero) is 1. The van der Waals surface area contributed by atoms with Crippen molar-refractivity contribution in [1.29, 1.82) is 0 Å². The van der Waals surface area contributed by atoms with Crippen LogP contribution in [0.15, 0.2) is 33.6 Å². The molecule has 2 aromatic rings. The van der Waals surface area contributed by atoms with E-state index in [1.54, 1.807) is 38.1 Å². The molecule has 0 N–H and O–H groups in total. The molecule has 2 aliphatic carbocycles. The summed E-state index contributed by atoms with van der Waals surface area (Å²) in [5, 5.41) is 0. The lowest BCUT2D eigenvalue weighted by Gasteiger charge is -2.37. The second kappa shape index (κ2) is 13.6. The molecule has 43 heavy (non-hydrogen) atoms. The first-order chi connectivity index (χ1) is 20.6. The summed E-state index contributed by atoms with van der Waals surface area (Å²) in [6, 6.07) is 6.08. The van der Waals surface area contributed by atoms with E-state index in [1.807, 2.05) is 11.8 Å². The number of amides is 1. The standard InChI is InChI=1S/C34H47FN2O5S/c1-22(20-35)26-11-13-28(14-12-26)34(39)37-18-17-30(27-7-5-4-6-8-27)33(37)31(38)19-25-9-15-29(16-10-25)43(40,41)21-32-36-23(2)24(3)42-32/h9-10,15-16,22,26-28,30,33H,4-8,11-14,17-21H2,1-3H3/t22-,26?,28?,30+,33+/m1/s1. The number of aromatic nitrogens is 1. The third-order valence-corrected chi connectivity index (χ3v) is 12.1. The first-order valence-electron chi connectivity index (χ1n) is 16.2. The molecule has 5 rings (SSSR count). The fourth-order valence-corrected chi connectivity index (χ4v) is 8.96. The van der Waals surface area contributed by atoms with Gasteiger partial charge in [0.2, 0.25) is 11.8 Å². The van der Waals surface area contributed by atoms with E-state index in [1.165, 1.54) is 19.3 Å². The number of sulfone groups is 1. The topological polar surface area (TPSA) is 97.5 Å². The van der Waals surface area contributed by atoms with Crippen molar-refractivity contribution in [2.45, 2.75) is 108 Å². The third kappa shape index (κ3) is 7.23. The third-order valence-electron chi connectivity index (χ3n) is 10.5. The van der Waals surface area contributed by atoms with Gasteiger partial charge in [0.1, 0.15) is 11.5 Å². The van der Waals surface area contributed by atoms with E-state index >= 15 is 0 Å². The summed E-state index contributed by atoms with van der Waals surface area (Å²) >= 11 is 0. The number of aryl methyl sites for hydroxylation is 2. The first kappa shape index (κ1) is 31.9. The Morgan fingerprint density at radius 1 is 1.00 bits per heavy atom. The minimum absolute atomic E-state index is 0.0319. The number of rotatable bonds is 10. The Bertz CT molecular complexity index is 1350. The highest BCUT2D eigenvalue weighted by atomic mass is 32.2. The molecule has 1 aromatic carbocycles. The SMILES string of the molecule is Cc1nc(CS(=O)(=O)c2ccc(CC(=O)[C@@H]3[C@H](C4CCCCC4)CCN3C(=O)C3CCC([C@H](C)CF)CC3)cc2)oc1C. The van der Waals surface area contributed by atoms with Gasteiger partial charge in [-0.1, -0.05) is 51.2 Å². The largest absolute Gasteiger partial charge is 0.445 e. The Hall–Kier alpha value is -2.55. The summed E-state index contributed by atoms with van der Waals surface area (Å²) in [6.45, 7) is 5.79. The van der Waals surface area contributed by atoms with E-state index in [2.05, 4.69) is 4.98 Å². The molecule has 0 radical (unpaired) electrons. The van der Waals surface area contributed by atoms with Crippen molar-refractivity contribution < 1.29 is 26.8 Å². The van der Waals surface area contributed by atoms with Crippen molar-refractivity contribution in [3.63, 3.8) is 0 Å². The van der Waals surface area contributed by atoms with Gasteiger partial charge in [-0.2, -0.15) is 0 Å². The lowest BCUT2D eigenvalue weighted by molar-refractivity contribution is -0.143. The lowest BCUT2D eigenvalue weighted by Crippen LogP contribution is -2.48. The van der Waals surface area contributed by atoms with Gasteiger partial charge >= 0.3 is 0 Å². The normalized spacial score (nSPS) is 26.0. The highest BCUT2D eigenvalue weighted by Gasteiger charge is 2.46. The van der Waals surface area contributed by atoms with Crippen LogP contribution in [0.25, 0.3) is 0 Å². The van der Waals surface area contributed by atoms with Crippen LogP contribution in [0.3, 0.4) is 0 Å². The number of halogens is 1. The average molecular weight is 615 g/mol. The van der Waals surface area contributed by atoms with Crippen LogP contribution >= 0.6 is 0 Å². The molecular weight excluding hydrogens is 567 g/mol. The molecule has 9 heteroatoms. The Morgan fingerprint density at radius 3 is 2.28 bits per heavy atom. The van der Waals surface area contributed by atoms with Gasteiger partial charge in [0.25, 0.3) is 0 Å². The second-order valence-electron chi connectivity index (χ2n) is 13.4. The zero-order valence-corrected chi connectivity index (χ0v) is 26.7. The van der Waals surface area contributed by atoms with E-state index in [0.29, 0.717) is 29.8 Å². The summed E-state index contributed by atoms with van der Waals surface area (Å²) in [7, 11) is -3.66. The van der Waals surface area contributed by atoms with Gasteiger partial charge in [-0.3, -0.25) is 14.0 Å². The molecule has 3 fully saturated rings. The van der Waals surface area contributed by atoms with Gasteiger partial charge in [-0.25, -0.2) is 13.4 Å². The van der Waals surface area contributed by atoms with Crippen LogP contribution in [0.2, 0.25) is 0 Å². The van der Waals surface area contributed by atoms with E-state index < -0.39 is 15.9 Å². The fraction of sp³-hybridized carbons (Fsp3) is 0.676. The van der Waals surface area contributed by atoms with E-state index in [0.717, 1.165) is 50.5 Å². The van der Waals surface area contributed by atoms with Gasteiger partial charge in [0.05, 0.1) is 23.3 Å². The number of carbonyl (C=O) groups is 2. The predicted octanol–water partition coefficient (Wildman–Crippen LogP) is 6.59. The van der Waals surface area contributed by atoms with Crippen LogP contribution < -0.4 is 0 Å². The van der Waals surface area contributed by atoms with Crippen LogP contribution in [0, 0.1) is 43.4 Å². The van der Waals surface area contributed by atoms with Crippen LogP contribution in [0.5, 0.6) is 0 Å². The first-order valence-corrected chi connectivity index (χ1v) is 17.9. The number of hydrogen-bond acceptors (Lipinski definition) is 6. The molecular formula is C34H47FN2O5S. The van der Waals surface area contributed by atoms with E-state index in [9.17, 15) is 22.4 Å². The molecule has 0 spiro atoms. The number of likely N-dealkylation sites (tertiary alicyclic amines) is 1. The number of benzene rings is 1. The van der Waals surface area contributed by atoms with Crippen LogP contribution in [-0.2, 0) is 31.6 Å². The van der Waals surface area contributed by atoms with Gasteiger partial charge < -0.3 is 9.32 Å². The minimum atomic E-state index is -3.66. The maximum absolute atomic E-state index is 14.0. The van der Waals surface area contributed by atoms with Crippen molar-refractivity contribution in [3.05, 3.63) is 47.2 Å². The van der Waals surface area contributed by atoms with Gasteiger partial charge in [-0.15, -0.1) is 0 Å². The van der Waals surface area contributed by atoms with Gasteiger partial charge in [0.15, 0.2) is 15.6 Å². The summed E-state index contributed by atoms with van der Waals surface area (Å²) in [6.07, 6.45) is 10.1. The van der Waals surface area contributed by atoms with Crippen molar-refractivity contribution in [2.24, 2.45) is 29.6 Å². The van der Waals surface area contributed by atoms with E-state index in [-0.39, 0.29) is 59.1 Å². The van der Waals surface area contributed by atoms with Crippen molar-refractivity contribution >= 4 is 21.5 Å². The molecule has 0 unspecified atom stereocenters. The minimum Gasteiger partial charge on any atom is -0.445 e. The Morgan fingerprint density at radius 2 is 1.67 bits per heavy atom. The number of alkyl halides is 1. The average Bonchev–Trinajstić information content (AvgIpc) is 3.59. The van der Waals surface area contributed by atoms with Crippen LogP contribution in [-0.4, -0.2) is 49.3 Å². The summed E-state index contributed by atoms with van der Waals surface area (Å²) in [5.41, 5.74) is 1.42. The quantitative estimate of drug-likeness (QED) is 0.300. The lowest BCUT2D eigenvalue weighted by atomic mass is 9.74. The maximum atomic E-state index is 14.0. The Labute approximate surface area is 255 Å². The molecule has 3 atom stereocenters. The number of ketones is 1. The Balaban J connectivity index is 1.29. The molecule has 7 nitrogen and oxygen atoms in total. The zero-order valence-electron chi connectivity index (χ0n) is 25.9. The highest BCUT2D eigenvalue weighted by Crippen LogP contribution is 2.42. The molecule has 1 aliphatic heterocycles. The van der Waals surface area contributed by atoms with Crippen molar-refractivity contribution in [2.75, 3.05) is 13.2 Å². The summed E-state index contributed by atoms with van der Waals surface area (Å²) < 4.78 is 44.7. The number of oxazole rings is 1. The van der Waals surface area contributed by atoms with Gasteiger partial charge in [0, 0.05) is 18.9 Å². The number of hydrogen-bond donors (Lipinski definition) is 0. The maximum Gasteiger partial charge on any atom is 0.226 e. The number of carbonyl (C=O) groups excluding carboxylic acids is 2. The van der Waals surface area contributed by atoms with Crippen molar-refractivity contribution in [1.82, 2.24) is 9.88 Å². The molecule has 0 bridgehead atoms. The molecule has 2 saturated carbocycles.